The van der Waals surface area contributed by atoms with E-state index in [0.717, 1.165) is 18.1 Å². The van der Waals surface area contributed by atoms with Crippen molar-refractivity contribution in [2.75, 3.05) is 18.5 Å². The van der Waals surface area contributed by atoms with Crippen LogP contribution in [0.15, 0.2) is 42.6 Å². The van der Waals surface area contributed by atoms with Gasteiger partial charge in [0, 0.05) is 30.5 Å². The lowest BCUT2D eigenvalue weighted by molar-refractivity contribution is 0.596. The van der Waals surface area contributed by atoms with Gasteiger partial charge in [0.1, 0.15) is 5.82 Å². The maximum Gasteiger partial charge on any atom is 0.137 e. The van der Waals surface area contributed by atoms with Crippen LogP contribution in [0, 0.1) is 6.92 Å². The number of nitrogens with zero attached hydrogens (tertiary/aromatic N) is 2. The quantitative estimate of drug-likeness (QED) is 0.894. The molecule has 0 aliphatic rings. The fourth-order valence-electron chi connectivity index (χ4n) is 2.40. The molecule has 1 heterocycles. The zero-order chi connectivity index (χ0) is 14.5. The Bertz CT molecular complexity index is 566. The molecule has 3 heteroatoms. The molecule has 2 rings (SSSR count). The molecular weight excluding hydrogens is 246 g/mol. The topological polar surface area (TPSA) is 28.2 Å². The molecule has 106 valence electrons. The minimum Gasteiger partial charge on any atom is -0.329 e. The van der Waals surface area contributed by atoms with Gasteiger partial charge in [-0.3, -0.25) is 0 Å². The van der Waals surface area contributed by atoms with Gasteiger partial charge in [-0.1, -0.05) is 25.1 Å². The molecule has 0 spiro atoms. The Hall–Kier alpha value is -1.87. The van der Waals surface area contributed by atoms with Crippen LogP contribution in [0.2, 0.25) is 0 Å². The lowest BCUT2D eigenvalue weighted by Gasteiger charge is -2.24. The number of anilines is 2. The van der Waals surface area contributed by atoms with E-state index < -0.39 is 0 Å². The van der Waals surface area contributed by atoms with E-state index in [1.165, 1.54) is 11.1 Å². The third kappa shape index (κ3) is 3.17. The molecule has 3 nitrogen and oxygen atoms in total. The van der Waals surface area contributed by atoms with Gasteiger partial charge >= 0.3 is 0 Å². The van der Waals surface area contributed by atoms with Crippen molar-refractivity contribution >= 4 is 11.5 Å². The van der Waals surface area contributed by atoms with Crippen molar-refractivity contribution in [2.45, 2.75) is 26.8 Å². The first kappa shape index (κ1) is 14.5. The summed E-state index contributed by atoms with van der Waals surface area (Å²) in [5.41, 5.74) is 3.64. The molecule has 0 bridgehead atoms. The lowest BCUT2D eigenvalue weighted by atomic mass is 10.1. The Labute approximate surface area is 121 Å². The first-order valence-corrected chi connectivity index (χ1v) is 7.12. The first-order chi connectivity index (χ1) is 9.63. The largest absolute Gasteiger partial charge is 0.329 e. The maximum absolute atomic E-state index is 4.57. The molecule has 0 aliphatic heterocycles. The van der Waals surface area contributed by atoms with Crippen LogP contribution < -0.4 is 10.2 Å². The molecular formula is C17H23N3. The molecule has 1 aromatic carbocycles. The number of nitrogens with one attached hydrogen (secondary N) is 1. The highest BCUT2D eigenvalue weighted by molar-refractivity contribution is 5.63. The second-order valence-electron chi connectivity index (χ2n) is 5.09. The van der Waals surface area contributed by atoms with Gasteiger partial charge in [0.2, 0.25) is 0 Å². The van der Waals surface area contributed by atoms with Gasteiger partial charge in [0.15, 0.2) is 0 Å². The van der Waals surface area contributed by atoms with Gasteiger partial charge in [-0.15, -0.1) is 0 Å². The van der Waals surface area contributed by atoms with Gasteiger partial charge in [-0.25, -0.2) is 4.98 Å². The van der Waals surface area contributed by atoms with E-state index in [1.54, 1.807) is 0 Å². The smallest absolute Gasteiger partial charge is 0.137 e. The van der Waals surface area contributed by atoms with Gasteiger partial charge in [-0.2, -0.15) is 0 Å². The van der Waals surface area contributed by atoms with E-state index in [0.29, 0.717) is 0 Å². The number of aryl methyl sites for hydroxylation is 1. The molecule has 1 aromatic heterocycles. The second kappa shape index (κ2) is 6.53. The molecule has 1 unspecified atom stereocenters. The number of pyridine rings is 1. The monoisotopic (exact) mass is 269 g/mol. The second-order valence-corrected chi connectivity index (χ2v) is 5.09. The Morgan fingerprint density at radius 1 is 1.25 bits per heavy atom. The molecule has 2 aromatic rings. The number of benzene rings is 1. The van der Waals surface area contributed by atoms with Crippen molar-refractivity contribution < 1.29 is 0 Å². The molecule has 0 saturated carbocycles. The van der Waals surface area contributed by atoms with Gasteiger partial charge in [-0.05, 0) is 44.2 Å². The summed E-state index contributed by atoms with van der Waals surface area (Å²) < 4.78 is 0. The summed E-state index contributed by atoms with van der Waals surface area (Å²) in [7, 11) is 2.07. The number of hydrogen-bond donors (Lipinski definition) is 1. The molecule has 1 atom stereocenters. The zero-order valence-electron chi connectivity index (χ0n) is 12.7. The molecule has 0 aliphatic carbocycles. The summed E-state index contributed by atoms with van der Waals surface area (Å²) in [5, 5.41) is 3.45. The Morgan fingerprint density at radius 3 is 2.75 bits per heavy atom. The molecule has 0 fully saturated rings. The number of hydrogen-bond acceptors (Lipinski definition) is 3. The normalized spacial score (nSPS) is 12.2. The van der Waals surface area contributed by atoms with Crippen LogP contribution in [0.4, 0.5) is 11.5 Å². The highest BCUT2D eigenvalue weighted by Crippen LogP contribution is 2.28. The van der Waals surface area contributed by atoms with Crippen LogP contribution in [-0.2, 0) is 0 Å². The highest BCUT2D eigenvalue weighted by atomic mass is 15.2. The average Bonchev–Trinajstić information content (AvgIpc) is 2.47. The maximum atomic E-state index is 4.57. The Morgan fingerprint density at radius 2 is 2.05 bits per heavy atom. The van der Waals surface area contributed by atoms with Crippen LogP contribution in [0.3, 0.4) is 0 Å². The lowest BCUT2D eigenvalue weighted by Crippen LogP contribution is -2.22. The SMILES string of the molecule is CCNC(C)c1cccnc1N(C)c1cccc(C)c1. The minimum absolute atomic E-state index is 0.288. The molecule has 0 radical (unpaired) electrons. The Kier molecular flexibility index (Phi) is 4.74. The van der Waals surface area contributed by atoms with E-state index >= 15 is 0 Å². The average molecular weight is 269 g/mol. The van der Waals surface area contributed by atoms with Crippen LogP contribution in [-0.4, -0.2) is 18.6 Å². The van der Waals surface area contributed by atoms with E-state index in [-0.39, 0.29) is 6.04 Å². The summed E-state index contributed by atoms with van der Waals surface area (Å²) in [6.07, 6.45) is 1.85. The van der Waals surface area contributed by atoms with E-state index in [4.69, 9.17) is 0 Å². The highest BCUT2D eigenvalue weighted by Gasteiger charge is 2.14. The van der Waals surface area contributed by atoms with Crippen LogP contribution >= 0.6 is 0 Å². The zero-order valence-corrected chi connectivity index (χ0v) is 12.7. The summed E-state index contributed by atoms with van der Waals surface area (Å²) in [6.45, 7) is 7.35. The van der Waals surface area contributed by atoms with E-state index in [1.807, 2.05) is 12.3 Å². The summed E-state index contributed by atoms with van der Waals surface area (Å²) in [4.78, 5) is 6.72. The van der Waals surface area contributed by atoms with Crippen molar-refractivity contribution in [1.29, 1.82) is 0 Å². The summed E-state index contributed by atoms with van der Waals surface area (Å²) >= 11 is 0. The van der Waals surface area contributed by atoms with Crippen molar-refractivity contribution in [3.63, 3.8) is 0 Å². The standard InChI is InChI=1S/C17H23N3/c1-5-18-14(3)16-10-7-11-19-17(16)20(4)15-9-6-8-13(2)12-15/h6-12,14,18H,5H2,1-4H3. The van der Waals surface area contributed by atoms with Crippen LogP contribution in [0.25, 0.3) is 0 Å². The summed E-state index contributed by atoms with van der Waals surface area (Å²) in [6, 6.07) is 12.9. The van der Waals surface area contributed by atoms with Crippen molar-refractivity contribution in [2.24, 2.45) is 0 Å². The van der Waals surface area contributed by atoms with E-state index in [9.17, 15) is 0 Å². The molecule has 1 N–H and O–H groups in total. The Balaban J connectivity index is 2.37. The fraction of sp³-hybridized carbons (Fsp3) is 0.353. The number of rotatable bonds is 5. The van der Waals surface area contributed by atoms with Crippen molar-refractivity contribution in [3.8, 4) is 0 Å². The molecule has 20 heavy (non-hydrogen) atoms. The summed E-state index contributed by atoms with van der Waals surface area (Å²) in [5.74, 6) is 1.01. The van der Waals surface area contributed by atoms with E-state index in [2.05, 4.69) is 73.4 Å². The van der Waals surface area contributed by atoms with Crippen LogP contribution in [0.5, 0.6) is 0 Å². The molecule has 0 amide bonds. The first-order valence-electron chi connectivity index (χ1n) is 7.12. The minimum atomic E-state index is 0.288. The van der Waals surface area contributed by atoms with Gasteiger partial charge < -0.3 is 10.2 Å². The predicted octanol–water partition coefficient (Wildman–Crippen LogP) is 3.83. The van der Waals surface area contributed by atoms with Crippen molar-refractivity contribution in [3.05, 3.63) is 53.7 Å². The van der Waals surface area contributed by atoms with Crippen LogP contribution in [0.1, 0.15) is 31.0 Å². The fourth-order valence-corrected chi connectivity index (χ4v) is 2.40. The van der Waals surface area contributed by atoms with Crippen molar-refractivity contribution in [1.82, 2.24) is 10.3 Å². The third-order valence-corrected chi connectivity index (χ3v) is 3.50. The number of aromatic nitrogens is 1. The predicted molar refractivity (Wildman–Crippen MR) is 85.6 cm³/mol. The van der Waals surface area contributed by atoms with Gasteiger partial charge in [0.05, 0.1) is 0 Å². The molecule has 0 saturated heterocycles. The third-order valence-electron chi connectivity index (χ3n) is 3.50. The van der Waals surface area contributed by atoms with Gasteiger partial charge in [0.25, 0.3) is 0 Å².